The maximum atomic E-state index is 12.2. The van der Waals surface area contributed by atoms with E-state index in [-0.39, 0.29) is 23.9 Å². The van der Waals surface area contributed by atoms with Crippen LogP contribution >= 0.6 is 0 Å². The Morgan fingerprint density at radius 2 is 2.00 bits per heavy atom. The molecule has 0 aromatic heterocycles. The third kappa shape index (κ3) is 4.45. The monoisotopic (exact) mass is 338 g/mol. The quantitative estimate of drug-likeness (QED) is 0.859. The second kappa shape index (κ2) is 6.49. The van der Waals surface area contributed by atoms with Gasteiger partial charge in [0.1, 0.15) is 0 Å². The van der Waals surface area contributed by atoms with E-state index in [0.29, 0.717) is 23.8 Å². The molecule has 2 fully saturated rings. The molecule has 6 nitrogen and oxygen atoms in total. The smallest absolute Gasteiger partial charge is 0.319 e. The summed E-state index contributed by atoms with van der Waals surface area (Å²) in [5, 5.41) is 5.73. The van der Waals surface area contributed by atoms with Gasteiger partial charge in [0, 0.05) is 18.6 Å². The molecule has 2 atom stereocenters. The number of hydrogen-bond donors (Lipinski definition) is 2. The van der Waals surface area contributed by atoms with Gasteiger partial charge < -0.3 is 15.4 Å². The Morgan fingerprint density at radius 1 is 1.26 bits per heavy atom. The lowest BCUT2D eigenvalue weighted by molar-refractivity contribution is 0.0829. The van der Waals surface area contributed by atoms with Crippen molar-refractivity contribution in [2.45, 2.75) is 37.2 Å². The molecule has 0 bridgehead atoms. The maximum Gasteiger partial charge on any atom is 0.319 e. The van der Waals surface area contributed by atoms with Gasteiger partial charge in [-0.1, -0.05) is 18.2 Å². The predicted molar refractivity (Wildman–Crippen MR) is 88.0 cm³/mol. The van der Waals surface area contributed by atoms with Crippen molar-refractivity contribution in [2.75, 3.05) is 18.2 Å². The third-order valence-electron chi connectivity index (χ3n) is 4.22. The SMILES string of the molecule is CS(=O)(=O)Cc1ccccc1NC(=O)N[C@@H]1CCO[C@@H]1C1CC1. The van der Waals surface area contributed by atoms with Gasteiger partial charge in [0.2, 0.25) is 0 Å². The van der Waals surface area contributed by atoms with Crippen molar-refractivity contribution in [1.29, 1.82) is 0 Å². The van der Waals surface area contributed by atoms with Crippen LogP contribution in [-0.4, -0.2) is 39.5 Å². The van der Waals surface area contributed by atoms with Crippen molar-refractivity contribution in [3.63, 3.8) is 0 Å². The molecule has 1 saturated carbocycles. The second-order valence-corrected chi connectivity index (χ2v) is 8.53. The molecule has 7 heteroatoms. The average molecular weight is 338 g/mol. The van der Waals surface area contributed by atoms with Crippen LogP contribution in [0.2, 0.25) is 0 Å². The van der Waals surface area contributed by atoms with Crippen molar-refractivity contribution in [2.24, 2.45) is 5.92 Å². The molecule has 2 N–H and O–H groups in total. The van der Waals surface area contributed by atoms with Crippen LogP contribution in [-0.2, 0) is 20.3 Å². The summed E-state index contributed by atoms with van der Waals surface area (Å²) in [5.74, 6) is 0.473. The first-order valence-electron chi connectivity index (χ1n) is 7.87. The van der Waals surface area contributed by atoms with E-state index in [4.69, 9.17) is 4.74 Å². The summed E-state index contributed by atoms with van der Waals surface area (Å²) in [6.07, 6.45) is 4.45. The summed E-state index contributed by atoms with van der Waals surface area (Å²) < 4.78 is 28.7. The fraction of sp³-hybridized carbons (Fsp3) is 0.562. The number of hydrogen-bond acceptors (Lipinski definition) is 4. The molecule has 0 spiro atoms. The number of rotatable bonds is 5. The van der Waals surface area contributed by atoms with Crippen LogP contribution in [0.1, 0.15) is 24.8 Å². The van der Waals surface area contributed by atoms with Crippen LogP contribution in [0, 0.1) is 5.92 Å². The van der Waals surface area contributed by atoms with Gasteiger partial charge in [0.25, 0.3) is 0 Å². The summed E-state index contributed by atoms with van der Waals surface area (Å²) in [5.41, 5.74) is 1.11. The van der Waals surface area contributed by atoms with Crippen molar-refractivity contribution < 1.29 is 17.9 Å². The van der Waals surface area contributed by atoms with E-state index in [1.807, 2.05) is 0 Å². The molecular formula is C16H22N2O4S. The number of carbonyl (C=O) groups is 1. The molecule has 0 radical (unpaired) electrons. The lowest BCUT2D eigenvalue weighted by atomic mass is 10.1. The zero-order valence-electron chi connectivity index (χ0n) is 13.1. The number of anilines is 1. The minimum absolute atomic E-state index is 0.0320. The van der Waals surface area contributed by atoms with E-state index < -0.39 is 9.84 Å². The first-order chi connectivity index (χ1) is 10.9. The molecule has 2 aliphatic rings. The Labute approximate surface area is 136 Å². The number of ether oxygens (including phenoxy) is 1. The van der Waals surface area contributed by atoms with Crippen LogP contribution in [0.3, 0.4) is 0 Å². The fourth-order valence-corrected chi connectivity index (χ4v) is 3.85. The van der Waals surface area contributed by atoms with Gasteiger partial charge in [0.15, 0.2) is 9.84 Å². The molecule has 1 aromatic carbocycles. The van der Waals surface area contributed by atoms with Gasteiger partial charge in [0.05, 0.1) is 17.9 Å². The molecule has 2 amide bonds. The van der Waals surface area contributed by atoms with Crippen molar-refractivity contribution >= 4 is 21.6 Å². The van der Waals surface area contributed by atoms with E-state index in [0.717, 1.165) is 6.42 Å². The number of amides is 2. The molecule has 1 aliphatic heterocycles. The highest BCUT2D eigenvalue weighted by atomic mass is 32.2. The molecule has 1 aromatic rings. The topological polar surface area (TPSA) is 84.5 Å². The summed E-state index contributed by atoms with van der Waals surface area (Å²) in [6.45, 7) is 0.677. The van der Waals surface area contributed by atoms with Crippen molar-refractivity contribution in [1.82, 2.24) is 5.32 Å². The Morgan fingerprint density at radius 3 is 2.70 bits per heavy atom. The minimum Gasteiger partial charge on any atom is -0.376 e. The van der Waals surface area contributed by atoms with Crippen LogP contribution in [0.25, 0.3) is 0 Å². The molecule has 1 saturated heterocycles. The molecule has 3 rings (SSSR count). The summed E-state index contributed by atoms with van der Waals surface area (Å²) >= 11 is 0. The molecule has 1 aliphatic carbocycles. The van der Waals surface area contributed by atoms with Crippen molar-refractivity contribution in [3.05, 3.63) is 29.8 Å². The zero-order chi connectivity index (χ0) is 16.4. The number of benzene rings is 1. The zero-order valence-corrected chi connectivity index (χ0v) is 13.9. The first kappa shape index (κ1) is 16.3. The van der Waals surface area contributed by atoms with Gasteiger partial charge in [-0.25, -0.2) is 13.2 Å². The normalized spacial score (nSPS) is 24.4. The van der Waals surface area contributed by atoms with Crippen LogP contribution in [0.15, 0.2) is 24.3 Å². The van der Waals surface area contributed by atoms with Gasteiger partial charge in [-0.2, -0.15) is 0 Å². The van der Waals surface area contributed by atoms with Gasteiger partial charge >= 0.3 is 6.03 Å². The Kier molecular flexibility index (Phi) is 4.59. The minimum atomic E-state index is -3.16. The standard InChI is InChI=1S/C16H22N2O4S/c1-23(20,21)10-12-4-2-3-5-13(12)17-16(19)18-14-8-9-22-15(14)11-6-7-11/h2-5,11,14-15H,6-10H2,1H3,(H2,17,18,19)/t14-,15-/m1/s1. The summed E-state index contributed by atoms with van der Waals surface area (Å²) in [7, 11) is -3.16. The highest BCUT2D eigenvalue weighted by Gasteiger charge is 2.41. The molecular weight excluding hydrogens is 316 g/mol. The average Bonchev–Trinajstić information content (AvgIpc) is 3.20. The van der Waals surface area contributed by atoms with E-state index in [1.54, 1.807) is 24.3 Å². The van der Waals surface area contributed by atoms with Crippen LogP contribution in [0.4, 0.5) is 10.5 Å². The number of sulfone groups is 1. The van der Waals surface area contributed by atoms with Crippen molar-refractivity contribution in [3.8, 4) is 0 Å². The Balaban J connectivity index is 1.63. The molecule has 126 valence electrons. The largest absolute Gasteiger partial charge is 0.376 e. The van der Waals surface area contributed by atoms with E-state index in [9.17, 15) is 13.2 Å². The Bertz CT molecular complexity index is 685. The molecule has 1 heterocycles. The summed E-state index contributed by atoms with van der Waals surface area (Å²) in [6, 6.07) is 6.67. The summed E-state index contributed by atoms with van der Waals surface area (Å²) in [4.78, 5) is 12.2. The van der Waals surface area contributed by atoms with Crippen LogP contribution in [0.5, 0.6) is 0 Å². The number of carbonyl (C=O) groups excluding carboxylic acids is 1. The highest BCUT2D eigenvalue weighted by molar-refractivity contribution is 7.89. The lowest BCUT2D eigenvalue weighted by Gasteiger charge is -2.20. The van der Waals surface area contributed by atoms with E-state index >= 15 is 0 Å². The fourth-order valence-electron chi connectivity index (χ4n) is 3.03. The molecule has 23 heavy (non-hydrogen) atoms. The number of para-hydroxylation sites is 1. The number of nitrogens with one attached hydrogen (secondary N) is 2. The first-order valence-corrected chi connectivity index (χ1v) is 9.93. The van der Waals surface area contributed by atoms with Crippen LogP contribution < -0.4 is 10.6 Å². The van der Waals surface area contributed by atoms with E-state index in [1.165, 1.54) is 19.1 Å². The highest BCUT2D eigenvalue weighted by Crippen LogP contribution is 2.38. The van der Waals surface area contributed by atoms with Gasteiger partial charge in [-0.3, -0.25) is 0 Å². The van der Waals surface area contributed by atoms with E-state index in [2.05, 4.69) is 10.6 Å². The van der Waals surface area contributed by atoms with Gasteiger partial charge in [-0.05, 0) is 36.8 Å². The lowest BCUT2D eigenvalue weighted by Crippen LogP contribution is -2.43. The second-order valence-electron chi connectivity index (χ2n) is 6.39. The van der Waals surface area contributed by atoms with Gasteiger partial charge in [-0.15, -0.1) is 0 Å². The third-order valence-corrected chi connectivity index (χ3v) is 5.06. The predicted octanol–water partition coefficient (Wildman–Crippen LogP) is 1.92. The number of urea groups is 1. The Hall–Kier alpha value is -1.60. The maximum absolute atomic E-state index is 12.2. The molecule has 0 unspecified atom stereocenters.